The van der Waals surface area contributed by atoms with Gasteiger partial charge in [0.25, 0.3) is 0 Å². The smallest absolute Gasteiger partial charge is 0.0700 e. The largest absolute Gasteiger partial charge is 0.324 e. The van der Waals surface area contributed by atoms with Gasteiger partial charge in [0.15, 0.2) is 0 Å². The summed E-state index contributed by atoms with van der Waals surface area (Å²) in [7, 11) is 1.96. The average molecular weight is 229 g/mol. The molecule has 17 heavy (non-hydrogen) atoms. The van der Waals surface area contributed by atoms with Gasteiger partial charge in [-0.3, -0.25) is 4.68 Å². The lowest BCUT2D eigenvalue weighted by atomic mass is 10.0. The summed E-state index contributed by atoms with van der Waals surface area (Å²) in [6.45, 7) is 4.12. The van der Waals surface area contributed by atoms with E-state index in [9.17, 15) is 0 Å². The highest BCUT2D eigenvalue weighted by Crippen LogP contribution is 2.24. The lowest BCUT2D eigenvalue weighted by molar-refractivity contribution is 0.746. The third-order valence-corrected chi connectivity index (χ3v) is 2.99. The third-order valence-electron chi connectivity index (χ3n) is 2.99. The number of hydrogen-bond acceptors (Lipinski definition) is 2. The summed E-state index contributed by atoms with van der Waals surface area (Å²) in [4.78, 5) is 0. The van der Waals surface area contributed by atoms with Gasteiger partial charge >= 0.3 is 0 Å². The van der Waals surface area contributed by atoms with Crippen LogP contribution in [-0.4, -0.2) is 9.78 Å². The summed E-state index contributed by atoms with van der Waals surface area (Å²) >= 11 is 0. The van der Waals surface area contributed by atoms with Crippen LogP contribution in [0.1, 0.15) is 31.1 Å². The molecule has 1 aromatic heterocycles. The maximum Gasteiger partial charge on any atom is 0.0700 e. The minimum Gasteiger partial charge on any atom is -0.324 e. The van der Waals surface area contributed by atoms with Crippen LogP contribution < -0.4 is 5.73 Å². The summed E-state index contributed by atoms with van der Waals surface area (Å²) in [6, 6.07) is 8.51. The Hall–Kier alpha value is -1.61. The van der Waals surface area contributed by atoms with Crippen molar-refractivity contribution in [1.29, 1.82) is 0 Å². The van der Waals surface area contributed by atoms with Gasteiger partial charge in [0.1, 0.15) is 0 Å². The SMILES string of the molecule is CCc1nn(C)cc1-c1ccc(C(C)N)cc1. The number of nitrogens with two attached hydrogens (primary N) is 1. The second kappa shape index (κ2) is 4.72. The molecule has 0 saturated carbocycles. The molecule has 1 atom stereocenters. The molecule has 0 fully saturated rings. The standard InChI is InChI=1S/C14H19N3/c1-4-14-13(9-17(3)16-14)12-7-5-11(6-8-12)10(2)15/h5-10H,4,15H2,1-3H3. The first-order valence-corrected chi connectivity index (χ1v) is 6.00. The van der Waals surface area contributed by atoms with E-state index in [1.807, 2.05) is 18.7 Å². The van der Waals surface area contributed by atoms with Crippen molar-refractivity contribution >= 4 is 0 Å². The first-order valence-electron chi connectivity index (χ1n) is 6.00. The zero-order chi connectivity index (χ0) is 12.4. The molecule has 0 bridgehead atoms. The van der Waals surface area contributed by atoms with Crippen LogP contribution >= 0.6 is 0 Å². The first kappa shape index (κ1) is 11.9. The Bertz CT molecular complexity index is 495. The van der Waals surface area contributed by atoms with Crippen molar-refractivity contribution in [1.82, 2.24) is 9.78 Å². The fraction of sp³-hybridized carbons (Fsp3) is 0.357. The summed E-state index contributed by atoms with van der Waals surface area (Å²) in [5.41, 5.74) is 10.6. The van der Waals surface area contributed by atoms with E-state index < -0.39 is 0 Å². The van der Waals surface area contributed by atoms with Gasteiger partial charge in [0.05, 0.1) is 5.69 Å². The average Bonchev–Trinajstić information content (AvgIpc) is 2.70. The molecule has 2 N–H and O–H groups in total. The molecule has 0 aliphatic heterocycles. The van der Waals surface area contributed by atoms with E-state index in [1.54, 1.807) is 0 Å². The molecule has 2 rings (SSSR count). The zero-order valence-electron chi connectivity index (χ0n) is 10.6. The molecule has 3 heteroatoms. The summed E-state index contributed by atoms with van der Waals surface area (Å²) < 4.78 is 1.87. The lowest BCUT2D eigenvalue weighted by Crippen LogP contribution is -2.04. The van der Waals surface area contributed by atoms with Crippen LogP contribution in [0.2, 0.25) is 0 Å². The molecule has 0 spiro atoms. The third kappa shape index (κ3) is 2.39. The van der Waals surface area contributed by atoms with Gasteiger partial charge in [-0.15, -0.1) is 0 Å². The molecule has 1 aromatic carbocycles. The Morgan fingerprint density at radius 1 is 1.29 bits per heavy atom. The summed E-state index contributed by atoms with van der Waals surface area (Å²) in [5, 5.41) is 4.46. The normalized spacial score (nSPS) is 12.7. The number of hydrogen-bond donors (Lipinski definition) is 1. The van der Waals surface area contributed by atoms with E-state index in [2.05, 4.69) is 42.5 Å². The Kier molecular flexibility index (Phi) is 3.29. The molecule has 1 unspecified atom stereocenters. The Balaban J connectivity index is 2.39. The molecular weight excluding hydrogens is 210 g/mol. The number of rotatable bonds is 3. The van der Waals surface area contributed by atoms with Crippen molar-refractivity contribution in [3.8, 4) is 11.1 Å². The molecule has 0 aliphatic rings. The number of nitrogens with zero attached hydrogens (tertiary/aromatic N) is 2. The number of benzene rings is 1. The fourth-order valence-corrected chi connectivity index (χ4v) is 2.00. The molecule has 2 aromatic rings. The van der Waals surface area contributed by atoms with Crippen molar-refractivity contribution in [2.75, 3.05) is 0 Å². The lowest BCUT2D eigenvalue weighted by Gasteiger charge is -2.06. The minimum atomic E-state index is 0.0867. The van der Waals surface area contributed by atoms with Crippen LogP contribution in [-0.2, 0) is 13.5 Å². The molecule has 0 amide bonds. The van der Waals surface area contributed by atoms with Crippen molar-refractivity contribution in [2.24, 2.45) is 12.8 Å². The van der Waals surface area contributed by atoms with Crippen LogP contribution in [0.4, 0.5) is 0 Å². The van der Waals surface area contributed by atoms with E-state index in [1.165, 1.54) is 11.1 Å². The maximum atomic E-state index is 5.85. The second-order valence-corrected chi connectivity index (χ2v) is 4.43. The summed E-state index contributed by atoms with van der Waals surface area (Å²) in [6.07, 6.45) is 3.02. The molecule has 3 nitrogen and oxygen atoms in total. The maximum absolute atomic E-state index is 5.85. The van der Waals surface area contributed by atoms with Crippen LogP contribution in [0.15, 0.2) is 30.5 Å². The van der Waals surface area contributed by atoms with Crippen molar-refractivity contribution in [2.45, 2.75) is 26.3 Å². The Morgan fingerprint density at radius 2 is 1.94 bits per heavy atom. The van der Waals surface area contributed by atoms with Crippen LogP contribution in [0.3, 0.4) is 0 Å². The molecule has 0 aliphatic carbocycles. The van der Waals surface area contributed by atoms with E-state index in [4.69, 9.17) is 5.73 Å². The first-order chi connectivity index (χ1) is 8.11. The van der Waals surface area contributed by atoms with E-state index in [0.717, 1.165) is 17.7 Å². The van der Waals surface area contributed by atoms with Crippen LogP contribution in [0.5, 0.6) is 0 Å². The van der Waals surface area contributed by atoms with Crippen LogP contribution in [0, 0.1) is 0 Å². The molecule has 1 heterocycles. The monoisotopic (exact) mass is 229 g/mol. The minimum absolute atomic E-state index is 0.0867. The predicted octanol–water partition coefficient (Wildman–Crippen LogP) is 2.67. The molecule has 0 saturated heterocycles. The Morgan fingerprint density at radius 3 is 2.47 bits per heavy atom. The van der Waals surface area contributed by atoms with E-state index >= 15 is 0 Å². The van der Waals surface area contributed by atoms with Gasteiger partial charge in [-0.2, -0.15) is 5.10 Å². The van der Waals surface area contributed by atoms with Crippen LogP contribution in [0.25, 0.3) is 11.1 Å². The zero-order valence-corrected chi connectivity index (χ0v) is 10.6. The van der Waals surface area contributed by atoms with Gasteiger partial charge in [-0.25, -0.2) is 0 Å². The summed E-state index contributed by atoms with van der Waals surface area (Å²) in [5.74, 6) is 0. The highest BCUT2D eigenvalue weighted by Gasteiger charge is 2.08. The quantitative estimate of drug-likeness (QED) is 0.879. The molecule has 90 valence electrons. The van der Waals surface area contributed by atoms with Gasteiger partial charge in [-0.05, 0) is 24.5 Å². The topological polar surface area (TPSA) is 43.8 Å². The highest BCUT2D eigenvalue weighted by atomic mass is 15.2. The van der Waals surface area contributed by atoms with Gasteiger partial charge in [0.2, 0.25) is 0 Å². The van der Waals surface area contributed by atoms with Crippen molar-refractivity contribution < 1.29 is 0 Å². The highest BCUT2D eigenvalue weighted by molar-refractivity contribution is 5.65. The molecule has 0 radical (unpaired) electrons. The fourth-order valence-electron chi connectivity index (χ4n) is 2.00. The van der Waals surface area contributed by atoms with E-state index in [0.29, 0.717) is 0 Å². The Labute approximate surface area is 102 Å². The molecular formula is C14H19N3. The van der Waals surface area contributed by atoms with Crippen molar-refractivity contribution in [3.63, 3.8) is 0 Å². The number of aryl methyl sites for hydroxylation is 2. The van der Waals surface area contributed by atoms with Gasteiger partial charge in [0, 0.05) is 24.8 Å². The van der Waals surface area contributed by atoms with Crippen molar-refractivity contribution in [3.05, 3.63) is 41.7 Å². The number of aromatic nitrogens is 2. The van der Waals surface area contributed by atoms with Gasteiger partial charge in [-0.1, -0.05) is 31.2 Å². The predicted molar refractivity (Wildman–Crippen MR) is 70.6 cm³/mol. The second-order valence-electron chi connectivity index (χ2n) is 4.43. The van der Waals surface area contributed by atoms with Gasteiger partial charge < -0.3 is 5.73 Å². The van der Waals surface area contributed by atoms with E-state index in [-0.39, 0.29) is 6.04 Å².